The van der Waals surface area contributed by atoms with Gasteiger partial charge in [-0.25, -0.2) is 4.68 Å². The lowest BCUT2D eigenvalue weighted by Crippen LogP contribution is -2.50. The zero-order valence-corrected chi connectivity index (χ0v) is 18.9. The van der Waals surface area contributed by atoms with Gasteiger partial charge in [-0.1, -0.05) is 26.8 Å². The SMILES string of the molecule is Cc1cc(=O)c(C(=O)N2CCN(CCC(C)(C)C)CC2)nn1-c1cccc(C(F)(F)F)c1. The van der Waals surface area contributed by atoms with Crippen molar-refractivity contribution in [1.82, 2.24) is 19.6 Å². The number of alkyl halides is 3. The second-order valence-electron chi connectivity index (χ2n) is 9.40. The number of carbonyl (C=O) groups excluding carboxylic acids is 1. The monoisotopic (exact) mass is 450 g/mol. The molecule has 0 aliphatic carbocycles. The number of hydrogen-bond donors (Lipinski definition) is 0. The first-order chi connectivity index (χ1) is 14.8. The molecule has 1 amide bonds. The van der Waals surface area contributed by atoms with E-state index in [4.69, 9.17) is 0 Å². The lowest BCUT2D eigenvalue weighted by atomic mass is 9.92. The maximum atomic E-state index is 13.1. The van der Waals surface area contributed by atoms with Crippen molar-refractivity contribution in [2.45, 2.75) is 40.3 Å². The summed E-state index contributed by atoms with van der Waals surface area (Å²) < 4.78 is 40.5. The highest BCUT2D eigenvalue weighted by atomic mass is 19.4. The van der Waals surface area contributed by atoms with Gasteiger partial charge in [0.25, 0.3) is 5.91 Å². The fourth-order valence-corrected chi connectivity index (χ4v) is 3.59. The van der Waals surface area contributed by atoms with Crippen LogP contribution in [0.4, 0.5) is 13.2 Å². The minimum absolute atomic E-state index is 0.137. The van der Waals surface area contributed by atoms with E-state index in [0.717, 1.165) is 25.1 Å². The summed E-state index contributed by atoms with van der Waals surface area (Å²) in [6.45, 7) is 11.4. The molecule has 1 aliphatic heterocycles. The Morgan fingerprint density at radius 3 is 2.31 bits per heavy atom. The van der Waals surface area contributed by atoms with Gasteiger partial charge in [0.1, 0.15) is 0 Å². The van der Waals surface area contributed by atoms with Crippen molar-refractivity contribution in [2.24, 2.45) is 5.41 Å². The van der Waals surface area contributed by atoms with Gasteiger partial charge in [0.2, 0.25) is 5.43 Å². The fraction of sp³-hybridized carbons (Fsp3) is 0.522. The third kappa shape index (κ3) is 5.76. The van der Waals surface area contributed by atoms with Crippen LogP contribution in [0.15, 0.2) is 35.1 Å². The Labute approximate surface area is 185 Å². The second-order valence-corrected chi connectivity index (χ2v) is 9.40. The Morgan fingerprint density at radius 1 is 1.06 bits per heavy atom. The van der Waals surface area contributed by atoms with Gasteiger partial charge in [-0.05, 0) is 43.5 Å². The summed E-state index contributed by atoms with van der Waals surface area (Å²) in [6, 6.07) is 5.89. The smallest absolute Gasteiger partial charge is 0.335 e. The summed E-state index contributed by atoms with van der Waals surface area (Å²) in [7, 11) is 0. The number of hydrogen-bond acceptors (Lipinski definition) is 4. The molecule has 2 aromatic rings. The van der Waals surface area contributed by atoms with E-state index in [1.807, 2.05) is 0 Å². The third-order valence-electron chi connectivity index (χ3n) is 5.57. The summed E-state index contributed by atoms with van der Waals surface area (Å²) in [4.78, 5) is 29.4. The molecule has 0 atom stereocenters. The van der Waals surface area contributed by atoms with Gasteiger partial charge in [-0.15, -0.1) is 0 Å². The predicted octanol–water partition coefficient (Wildman–Crippen LogP) is 3.75. The van der Waals surface area contributed by atoms with Crippen molar-refractivity contribution in [2.75, 3.05) is 32.7 Å². The standard InChI is InChI=1S/C23H29F3N4O2/c1-16-14-19(31)20(27-30(16)18-7-5-6-17(15-18)23(24,25)26)21(32)29-12-10-28(11-13-29)9-8-22(2,3)4/h5-7,14-15H,8-13H2,1-4H3. The lowest BCUT2D eigenvalue weighted by Gasteiger charge is -2.35. The van der Waals surface area contributed by atoms with Crippen molar-refractivity contribution < 1.29 is 18.0 Å². The molecule has 174 valence electrons. The van der Waals surface area contributed by atoms with Crippen LogP contribution in [0.5, 0.6) is 0 Å². The molecule has 0 bridgehead atoms. The largest absolute Gasteiger partial charge is 0.416 e. The number of piperazine rings is 1. The Balaban J connectivity index is 1.80. The number of aromatic nitrogens is 2. The molecule has 1 fully saturated rings. The first-order valence-electron chi connectivity index (χ1n) is 10.7. The van der Waals surface area contributed by atoms with E-state index in [0.29, 0.717) is 31.9 Å². The molecular weight excluding hydrogens is 421 g/mol. The average Bonchev–Trinajstić information content (AvgIpc) is 2.71. The van der Waals surface area contributed by atoms with Crippen molar-refractivity contribution in [1.29, 1.82) is 0 Å². The number of nitrogens with zero attached hydrogens (tertiary/aromatic N) is 4. The molecule has 1 aromatic carbocycles. The van der Waals surface area contributed by atoms with Crippen molar-refractivity contribution in [3.63, 3.8) is 0 Å². The molecule has 0 spiro atoms. The highest BCUT2D eigenvalue weighted by molar-refractivity contribution is 5.92. The van der Waals surface area contributed by atoms with E-state index >= 15 is 0 Å². The molecule has 0 N–H and O–H groups in total. The molecule has 3 rings (SSSR count). The van der Waals surface area contributed by atoms with E-state index < -0.39 is 23.1 Å². The molecule has 1 saturated heterocycles. The summed E-state index contributed by atoms with van der Waals surface area (Å²) in [6.07, 6.45) is -3.46. The number of aryl methyl sites for hydroxylation is 1. The van der Waals surface area contributed by atoms with E-state index in [1.165, 1.54) is 22.9 Å². The van der Waals surface area contributed by atoms with Crippen LogP contribution < -0.4 is 5.43 Å². The molecular formula is C23H29F3N4O2. The van der Waals surface area contributed by atoms with Crippen LogP contribution >= 0.6 is 0 Å². The van der Waals surface area contributed by atoms with Gasteiger partial charge in [0.15, 0.2) is 5.69 Å². The van der Waals surface area contributed by atoms with Crippen molar-refractivity contribution in [3.05, 3.63) is 57.5 Å². The van der Waals surface area contributed by atoms with Gasteiger partial charge in [-0.2, -0.15) is 18.3 Å². The highest BCUT2D eigenvalue weighted by Gasteiger charge is 2.31. The Morgan fingerprint density at radius 2 is 1.72 bits per heavy atom. The molecule has 32 heavy (non-hydrogen) atoms. The maximum absolute atomic E-state index is 13.1. The van der Waals surface area contributed by atoms with Crippen molar-refractivity contribution >= 4 is 5.91 Å². The first-order valence-corrected chi connectivity index (χ1v) is 10.7. The van der Waals surface area contributed by atoms with Crippen LogP contribution in [0.3, 0.4) is 0 Å². The summed E-state index contributed by atoms with van der Waals surface area (Å²) in [5.41, 5.74) is -0.930. The molecule has 1 aromatic heterocycles. The summed E-state index contributed by atoms with van der Waals surface area (Å²) in [5.74, 6) is -0.494. The summed E-state index contributed by atoms with van der Waals surface area (Å²) >= 11 is 0. The fourth-order valence-electron chi connectivity index (χ4n) is 3.59. The van der Waals surface area contributed by atoms with Gasteiger partial charge >= 0.3 is 6.18 Å². The van der Waals surface area contributed by atoms with Crippen LogP contribution in [0, 0.1) is 12.3 Å². The molecule has 9 heteroatoms. The minimum Gasteiger partial charge on any atom is -0.335 e. The van der Waals surface area contributed by atoms with Crippen LogP contribution in [0.2, 0.25) is 0 Å². The van der Waals surface area contributed by atoms with Crippen LogP contribution in [-0.4, -0.2) is 58.2 Å². The summed E-state index contributed by atoms with van der Waals surface area (Å²) in [5, 5.41) is 4.16. The molecule has 6 nitrogen and oxygen atoms in total. The quantitative estimate of drug-likeness (QED) is 0.712. The lowest BCUT2D eigenvalue weighted by molar-refractivity contribution is -0.137. The van der Waals surface area contributed by atoms with E-state index in [2.05, 4.69) is 30.8 Å². The number of rotatable bonds is 4. The highest BCUT2D eigenvalue weighted by Crippen LogP contribution is 2.30. The number of carbonyl (C=O) groups is 1. The Hall–Kier alpha value is -2.68. The van der Waals surface area contributed by atoms with Gasteiger partial charge in [-0.3, -0.25) is 14.5 Å². The van der Waals surface area contributed by atoms with Crippen LogP contribution in [0.25, 0.3) is 5.69 Å². The zero-order valence-electron chi connectivity index (χ0n) is 18.9. The average molecular weight is 451 g/mol. The van der Waals surface area contributed by atoms with Gasteiger partial charge < -0.3 is 4.90 Å². The third-order valence-corrected chi connectivity index (χ3v) is 5.57. The number of halogens is 3. The Bertz CT molecular complexity index is 1030. The van der Waals surface area contributed by atoms with E-state index in [1.54, 1.807) is 11.8 Å². The predicted molar refractivity (Wildman–Crippen MR) is 116 cm³/mol. The molecule has 0 saturated carbocycles. The van der Waals surface area contributed by atoms with Gasteiger partial charge in [0, 0.05) is 37.9 Å². The molecule has 0 radical (unpaired) electrons. The Kier molecular flexibility index (Phi) is 6.78. The van der Waals surface area contributed by atoms with Gasteiger partial charge in [0.05, 0.1) is 11.3 Å². The molecule has 0 unspecified atom stereocenters. The molecule has 2 heterocycles. The van der Waals surface area contributed by atoms with Crippen LogP contribution in [-0.2, 0) is 6.18 Å². The van der Waals surface area contributed by atoms with E-state index in [9.17, 15) is 22.8 Å². The molecule has 1 aliphatic rings. The normalized spacial score (nSPS) is 15.8. The zero-order chi connectivity index (χ0) is 23.7. The van der Waals surface area contributed by atoms with Crippen LogP contribution in [0.1, 0.15) is 48.9 Å². The second kappa shape index (κ2) is 9.05. The topological polar surface area (TPSA) is 58.4 Å². The first kappa shape index (κ1) is 24.0. The maximum Gasteiger partial charge on any atom is 0.416 e. The number of benzene rings is 1. The number of amides is 1. The van der Waals surface area contributed by atoms with Crippen molar-refractivity contribution in [3.8, 4) is 5.69 Å². The minimum atomic E-state index is -4.51. The van der Waals surface area contributed by atoms with E-state index in [-0.39, 0.29) is 16.8 Å².